The van der Waals surface area contributed by atoms with E-state index in [0.717, 1.165) is 6.42 Å². The molecule has 0 heterocycles. The quantitative estimate of drug-likeness (QED) is 0.236. The summed E-state index contributed by atoms with van der Waals surface area (Å²) in [6, 6.07) is 0. The van der Waals surface area contributed by atoms with Gasteiger partial charge in [0.05, 0.1) is 6.61 Å². The molecule has 0 aromatic carbocycles. The molecule has 11 heavy (non-hydrogen) atoms. The SMILES string of the molecule is C=COOOCCCCCC. The van der Waals surface area contributed by atoms with E-state index in [1.54, 1.807) is 0 Å². The summed E-state index contributed by atoms with van der Waals surface area (Å²) in [6.07, 6.45) is 5.82. The molecule has 0 aromatic heterocycles. The Morgan fingerprint density at radius 1 is 1.27 bits per heavy atom. The van der Waals surface area contributed by atoms with Gasteiger partial charge in [0.15, 0.2) is 0 Å². The Morgan fingerprint density at radius 2 is 2.09 bits per heavy atom. The lowest BCUT2D eigenvalue weighted by molar-refractivity contribution is -0.489. The molecule has 0 bridgehead atoms. The van der Waals surface area contributed by atoms with Gasteiger partial charge in [0.25, 0.3) is 0 Å². The fourth-order valence-electron chi connectivity index (χ4n) is 0.677. The molecule has 0 amide bonds. The molecule has 66 valence electrons. The molecule has 3 nitrogen and oxygen atoms in total. The van der Waals surface area contributed by atoms with Crippen molar-refractivity contribution in [2.75, 3.05) is 6.61 Å². The van der Waals surface area contributed by atoms with Crippen molar-refractivity contribution in [3.8, 4) is 0 Å². The van der Waals surface area contributed by atoms with E-state index in [0.29, 0.717) is 6.61 Å². The zero-order valence-electron chi connectivity index (χ0n) is 7.04. The Bertz CT molecular complexity index is 83.4. The van der Waals surface area contributed by atoms with E-state index in [-0.39, 0.29) is 0 Å². The van der Waals surface area contributed by atoms with Crippen LogP contribution in [0.1, 0.15) is 32.6 Å². The average Bonchev–Trinajstić information content (AvgIpc) is 2.03. The van der Waals surface area contributed by atoms with Crippen LogP contribution in [0.4, 0.5) is 0 Å². The first kappa shape index (κ1) is 10.5. The van der Waals surface area contributed by atoms with Crippen LogP contribution >= 0.6 is 0 Å². The summed E-state index contributed by atoms with van der Waals surface area (Å²) in [6.45, 7) is 6.02. The average molecular weight is 160 g/mol. The third kappa shape index (κ3) is 9.46. The molecule has 0 fully saturated rings. The van der Waals surface area contributed by atoms with E-state index in [9.17, 15) is 0 Å². The summed E-state index contributed by atoms with van der Waals surface area (Å²) in [5.41, 5.74) is 0. The van der Waals surface area contributed by atoms with Gasteiger partial charge in [0.2, 0.25) is 0 Å². The highest BCUT2D eigenvalue weighted by molar-refractivity contribution is 4.41. The largest absolute Gasteiger partial charge is 0.317 e. The van der Waals surface area contributed by atoms with Gasteiger partial charge in [0.1, 0.15) is 6.26 Å². The van der Waals surface area contributed by atoms with Crippen molar-refractivity contribution in [3.05, 3.63) is 12.8 Å². The molecule has 0 N–H and O–H groups in total. The molecule has 0 saturated carbocycles. The molecule has 0 unspecified atom stereocenters. The molecule has 0 aliphatic rings. The normalized spacial score (nSPS) is 9.55. The summed E-state index contributed by atoms with van der Waals surface area (Å²) < 4.78 is 0. The molecule has 0 aliphatic heterocycles. The van der Waals surface area contributed by atoms with Crippen molar-refractivity contribution in [1.82, 2.24) is 0 Å². The molecule has 0 saturated heterocycles. The summed E-state index contributed by atoms with van der Waals surface area (Å²) in [5, 5.41) is 4.24. The van der Waals surface area contributed by atoms with Crippen LogP contribution < -0.4 is 0 Å². The van der Waals surface area contributed by atoms with Crippen LogP contribution in [0.5, 0.6) is 0 Å². The topological polar surface area (TPSA) is 27.7 Å². The Balaban J connectivity index is 2.74. The van der Waals surface area contributed by atoms with Gasteiger partial charge in [-0.05, 0) is 11.5 Å². The van der Waals surface area contributed by atoms with Gasteiger partial charge in [-0.1, -0.05) is 32.8 Å². The van der Waals surface area contributed by atoms with Crippen LogP contribution in [-0.4, -0.2) is 6.61 Å². The third-order valence-corrected chi connectivity index (χ3v) is 1.24. The number of rotatable bonds is 8. The monoisotopic (exact) mass is 160 g/mol. The standard InChI is InChI=1S/C8H16O3/c1-3-5-6-7-8-10-11-9-4-2/h4H,2-3,5-8H2,1H3. The van der Waals surface area contributed by atoms with Gasteiger partial charge in [0, 0.05) is 0 Å². The molecule has 0 atom stereocenters. The molecular weight excluding hydrogens is 144 g/mol. The fraction of sp³-hybridized carbons (Fsp3) is 0.750. The highest BCUT2D eigenvalue weighted by Crippen LogP contribution is 1.98. The smallest absolute Gasteiger partial charge is 0.125 e. The van der Waals surface area contributed by atoms with Gasteiger partial charge in [-0.15, -0.1) is 0 Å². The van der Waals surface area contributed by atoms with Crippen LogP contribution in [0.15, 0.2) is 12.8 Å². The predicted octanol–water partition coefficient (Wildman–Crippen LogP) is 2.59. The molecule has 0 spiro atoms. The minimum Gasteiger partial charge on any atom is -0.317 e. The van der Waals surface area contributed by atoms with Gasteiger partial charge in [-0.2, -0.15) is 4.89 Å². The Kier molecular flexibility index (Phi) is 9.00. The van der Waals surface area contributed by atoms with E-state index in [1.807, 2.05) is 0 Å². The second-order valence-corrected chi connectivity index (χ2v) is 2.21. The maximum Gasteiger partial charge on any atom is 0.125 e. The van der Waals surface area contributed by atoms with Crippen LogP contribution in [0.25, 0.3) is 0 Å². The maximum atomic E-state index is 4.63. The van der Waals surface area contributed by atoms with E-state index in [2.05, 4.69) is 28.3 Å². The number of hydrogen-bond acceptors (Lipinski definition) is 3. The second kappa shape index (κ2) is 9.46. The predicted molar refractivity (Wildman–Crippen MR) is 42.5 cm³/mol. The van der Waals surface area contributed by atoms with Crippen LogP contribution in [0, 0.1) is 0 Å². The zero-order valence-corrected chi connectivity index (χ0v) is 7.04. The summed E-state index contributed by atoms with van der Waals surface area (Å²) >= 11 is 0. The van der Waals surface area contributed by atoms with Gasteiger partial charge >= 0.3 is 0 Å². The van der Waals surface area contributed by atoms with Crippen LogP contribution in [0.3, 0.4) is 0 Å². The van der Waals surface area contributed by atoms with Crippen molar-refractivity contribution in [1.29, 1.82) is 0 Å². The highest BCUT2D eigenvalue weighted by Gasteiger charge is 1.88. The van der Waals surface area contributed by atoms with Crippen LogP contribution in [-0.2, 0) is 14.8 Å². The lowest BCUT2D eigenvalue weighted by Gasteiger charge is -1.99. The zero-order chi connectivity index (χ0) is 8.36. The van der Waals surface area contributed by atoms with Crippen molar-refractivity contribution < 1.29 is 14.8 Å². The Hall–Kier alpha value is -0.540. The highest BCUT2D eigenvalue weighted by atomic mass is 17.5. The third-order valence-electron chi connectivity index (χ3n) is 1.24. The molecule has 0 aliphatic carbocycles. The van der Waals surface area contributed by atoms with E-state index in [1.165, 1.54) is 25.5 Å². The first-order chi connectivity index (χ1) is 5.41. The van der Waals surface area contributed by atoms with Gasteiger partial charge in [-0.25, -0.2) is 0 Å². The fourth-order valence-corrected chi connectivity index (χ4v) is 0.677. The molecule has 0 rings (SSSR count). The number of hydrogen-bond donors (Lipinski definition) is 0. The summed E-state index contributed by atoms with van der Waals surface area (Å²) in [4.78, 5) is 8.91. The minimum atomic E-state index is 0.577. The Labute approximate surface area is 67.8 Å². The maximum absolute atomic E-state index is 4.63. The first-order valence-electron chi connectivity index (χ1n) is 3.97. The van der Waals surface area contributed by atoms with Crippen molar-refractivity contribution in [2.24, 2.45) is 0 Å². The molecule has 3 heteroatoms. The summed E-state index contributed by atoms with van der Waals surface area (Å²) in [7, 11) is 0. The van der Waals surface area contributed by atoms with Crippen molar-refractivity contribution in [3.63, 3.8) is 0 Å². The molecule has 0 radical (unpaired) electrons. The van der Waals surface area contributed by atoms with Crippen LogP contribution in [0.2, 0.25) is 0 Å². The lowest BCUT2D eigenvalue weighted by Crippen LogP contribution is -1.94. The van der Waals surface area contributed by atoms with Gasteiger partial charge < -0.3 is 4.89 Å². The second-order valence-electron chi connectivity index (χ2n) is 2.21. The number of unbranched alkanes of at least 4 members (excludes halogenated alkanes) is 3. The van der Waals surface area contributed by atoms with Crippen molar-refractivity contribution >= 4 is 0 Å². The first-order valence-corrected chi connectivity index (χ1v) is 3.97. The van der Waals surface area contributed by atoms with E-state index in [4.69, 9.17) is 0 Å². The van der Waals surface area contributed by atoms with E-state index >= 15 is 0 Å². The molecule has 0 aromatic rings. The summed E-state index contributed by atoms with van der Waals surface area (Å²) in [5.74, 6) is 0. The van der Waals surface area contributed by atoms with E-state index < -0.39 is 0 Å². The minimum absolute atomic E-state index is 0.577. The lowest BCUT2D eigenvalue weighted by atomic mass is 10.2. The Morgan fingerprint density at radius 3 is 2.73 bits per heavy atom. The molecular formula is C8H16O3. The van der Waals surface area contributed by atoms with Gasteiger partial charge in [-0.3, -0.25) is 0 Å². The van der Waals surface area contributed by atoms with Crippen molar-refractivity contribution in [2.45, 2.75) is 32.6 Å².